The van der Waals surface area contributed by atoms with Crippen molar-refractivity contribution in [1.82, 2.24) is 19.4 Å². The maximum absolute atomic E-state index is 13.0. The first-order valence-electron chi connectivity index (χ1n) is 10.2. The summed E-state index contributed by atoms with van der Waals surface area (Å²) in [5.41, 5.74) is 2.67. The summed E-state index contributed by atoms with van der Waals surface area (Å²) in [7, 11) is 0. The van der Waals surface area contributed by atoms with E-state index in [1.807, 2.05) is 54.1 Å². The highest BCUT2D eigenvalue weighted by atomic mass is 16.2. The normalized spacial score (nSPS) is 16.3. The Morgan fingerprint density at radius 3 is 2.73 bits per heavy atom. The summed E-state index contributed by atoms with van der Waals surface area (Å²) in [5.74, 6) is 0.240. The lowest BCUT2D eigenvalue weighted by Crippen LogP contribution is -2.43. The number of likely N-dealkylation sites (tertiary alicyclic amines) is 1. The highest BCUT2D eigenvalue weighted by Crippen LogP contribution is 2.21. The molecule has 1 saturated heterocycles. The van der Waals surface area contributed by atoms with Gasteiger partial charge in [0, 0.05) is 43.8 Å². The van der Waals surface area contributed by atoms with Crippen LogP contribution in [0.5, 0.6) is 0 Å². The second kappa shape index (κ2) is 8.90. The Kier molecular flexibility index (Phi) is 5.88. The SMILES string of the molecule is Cc1cccnc1NC(=O)C1CCCN(C(=O)c2ccc(Cn3ccnc3)cc2)C1. The molecule has 4 rings (SSSR count). The number of amides is 2. The summed E-state index contributed by atoms with van der Waals surface area (Å²) in [4.78, 5) is 35.8. The van der Waals surface area contributed by atoms with Gasteiger partial charge in [-0.2, -0.15) is 0 Å². The van der Waals surface area contributed by atoms with Crippen LogP contribution in [0.15, 0.2) is 61.3 Å². The third-order valence-corrected chi connectivity index (χ3v) is 5.46. The number of aromatic nitrogens is 3. The predicted octanol–water partition coefficient (Wildman–Crippen LogP) is 3.13. The van der Waals surface area contributed by atoms with Gasteiger partial charge in [-0.05, 0) is 49.1 Å². The summed E-state index contributed by atoms with van der Waals surface area (Å²) < 4.78 is 1.98. The Labute approximate surface area is 175 Å². The van der Waals surface area contributed by atoms with E-state index >= 15 is 0 Å². The number of rotatable bonds is 5. The molecule has 1 aromatic carbocycles. The molecule has 7 nitrogen and oxygen atoms in total. The van der Waals surface area contributed by atoms with Crippen molar-refractivity contribution in [1.29, 1.82) is 0 Å². The molecule has 1 aliphatic rings. The van der Waals surface area contributed by atoms with E-state index in [0.717, 1.165) is 24.0 Å². The molecule has 2 aromatic heterocycles. The van der Waals surface area contributed by atoms with E-state index < -0.39 is 0 Å². The van der Waals surface area contributed by atoms with Gasteiger partial charge in [0.1, 0.15) is 5.82 Å². The molecule has 1 aliphatic heterocycles. The summed E-state index contributed by atoms with van der Waals surface area (Å²) in [6.45, 7) is 3.72. The number of anilines is 1. The average molecular weight is 403 g/mol. The van der Waals surface area contributed by atoms with Gasteiger partial charge in [0.15, 0.2) is 0 Å². The van der Waals surface area contributed by atoms with Crippen LogP contribution < -0.4 is 5.32 Å². The van der Waals surface area contributed by atoms with Crippen LogP contribution in [0, 0.1) is 12.8 Å². The lowest BCUT2D eigenvalue weighted by molar-refractivity contribution is -0.121. The molecule has 2 amide bonds. The van der Waals surface area contributed by atoms with Crippen molar-refractivity contribution >= 4 is 17.6 Å². The smallest absolute Gasteiger partial charge is 0.253 e. The first kappa shape index (κ1) is 19.8. The molecule has 1 atom stereocenters. The molecule has 1 unspecified atom stereocenters. The molecule has 0 radical (unpaired) electrons. The molecule has 1 N–H and O–H groups in total. The minimum Gasteiger partial charge on any atom is -0.338 e. The fraction of sp³-hybridized carbons (Fsp3) is 0.304. The number of nitrogens with one attached hydrogen (secondary N) is 1. The number of hydrogen-bond acceptors (Lipinski definition) is 4. The number of carbonyl (C=O) groups is 2. The fourth-order valence-electron chi connectivity index (χ4n) is 3.74. The van der Waals surface area contributed by atoms with Gasteiger partial charge in [0.25, 0.3) is 5.91 Å². The van der Waals surface area contributed by atoms with E-state index in [9.17, 15) is 9.59 Å². The molecule has 30 heavy (non-hydrogen) atoms. The Morgan fingerprint density at radius 1 is 1.17 bits per heavy atom. The van der Waals surface area contributed by atoms with Gasteiger partial charge >= 0.3 is 0 Å². The predicted molar refractivity (Wildman–Crippen MR) is 114 cm³/mol. The lowest BCUT2D eigenvalue weighted by Gasteiger charge is -2.32. The highest BCUT2D eigenvalue weighted by molar-refractivity contribution is 5.96. The number of pyridine rings is 1. The van der Waals surface area contributed by atoms with Crippen molar-refractivity contribution in [3.05, 3.63) is 78.0 Å². The molecule has 0 spiro atoms. The number of nitrogens with zero attached hydrogens (tertiary/aromatic N) is 4. The van der Waals surface area contributed by atoms with E-state index in [0.29, 0.717) is 31.0 Å². The number of aryl methyl sites for hydroxylation is 1. The van der Waals surface area contributed by atoms with Crippen LogP contribution in [-0.4, -0.2) is 44.3 Å². The number of hydrogen-bond donors (Lipinski definition) is 1. The number of benzene rings is 1. The molecule has 0 saturated carbocycles. The second-order valence-corrected chi connectivity index (χ2v) is 7.68. The third kappa shape index (κ3) is 4.56. The van der Waals surface area contributed by atoms with Crippen molar-refractivity contribution in [3.63, 3.8) is 0 Å². The monoisotopic (exact) mass is 403 g/mol. The van der Waals surface area contributed by atoms with Crippen LogP contribution in [0.25, 0.3) is 0 Å². The van der Waals surface area contributed by atoms with Crippen LogP contribution in [-0.2, 0) is 11.3 Å². The van der Waals surface area contributed by atoms with Gasteiger partial charge in [0.2, 0.25) is 5.91 Å². The fourth-order valence-corrected chi connectivity index (χ4v) is 3.74. The second-order valence-electron chi connectivity index (χ2n) is 7.68. The Morgan fingerprint density at radius 2 is 2.00 bits per heavy atom. The molecule has 1 fully saturated rings. The molecule has 0 aliphatic carbocycles. The van der Waals surface area contributed by atoms with Crippen molar-refractivity contribution < 1.29 is 9.59 Å². The van der Waals surface area contributed by atoms with Crippen LogP contribution in [0.1, 0.15) is 34.3 Å². The summed E-state index contributed by atoms with van der Waals surface area (Å²) in [5, 5.41) is 2.91. The summed E-state index contributed by atoms with van der Waals surface area (Å²) in [6, 6.07) is 11.4. The zero-order chi connectivity index (χ0) is 20.9. The summed E-state index contributed by atoms with van der Waals surface area (Å²) >= 11 is 0. The zero-order valence-electron chi connectivity index (χ0n) is 17.0. The van der Waals surface area contributed by atoms with Gasteiger partial charge < -0.3 is 14.8 Å². The van der Waals surface area contributed by atoms with Gasteiger partial charge in [0.05, 0.1) is 12.2 Å². The molecule has 3 heterocycles. The van der Waals surface area contributed by atoms with Crippen LogP contribution >= 0.6 is 0 Å². The Hall–Kier alpha value is -3.48. The summed E-state index contributed by atoms with van der Waals surface area (Å²) in [6.07, 6.45) is 8.66. The average Bonchev–Trinajstić information content (AvgIpc) is 3.28. The minimum absolute atomic E-state index is 0.0318. The van der Waals surface area contributed by atoms with Crippen molar-refractivity contribution in [3.8, 4) is 0 Å². The van der Waals surface area contributed by atoms with Gasteiger partial charge in [-0.3, -0.25) is 9.59 Å². The highest BCUT2D eigenvalue weighted by Gasteiger charge is 2.29. The van der Waals surface area contributed by atoms with E-state index in [4.69, 9.17) is 0 Å². The van der Waals surface area contributed by atoms with Crippen molar-refractivity contribution in [2.75, 3.05) is 18.4 Å². The van der Waals surface area contributed by atoms with Gasteiger partial charge in [-0.15, -0.1) is 0 Å². The van der Waals surface area contributed by atoms with Crippen LogP contribution in [0.2, 0.25) is 0 Å². The first-order chi connectivity index (χ1) is 14.6. The van der Waals surface area contributed by atoms with Gasteiger partial charge in [-0.25, -0.2) is 9.97 Å². The van der Waals surface area contributed by atoms with E-state index in [1.54, 1.807) is 23.6 Å². The maximum Gasteiger partial charge on any atom is 0.253 e. The molecular weight excluding hydrogens is 378 g/mol. The molecule has 3 aromatic rings. The molecule has 154 valence electrons. The number of carbonyl (C=O) groups excluding carboxylic acids is 2. The third-order valence-electron chi connectivity index (χ3n) is 5.46. The number of imidazole rings is 1. The molecule has 7 heteroatoms. The maximum atomic E-state index is 13.0. The lowest BCUT2D eigenvalue weighted by atomic mass is 9.96. The van der Waals surface area contributed by atoms with E-state index in [2.05, 4.69) is 15.3 Å². The molecular formula is C23H25N5O2. The topological polar surface area (TPSA) is 80.1 Å². The van der Waals surface area contributed by atoms with Crippen molar-refractivity contribution in [2.24, 2.45) is 5.92 Å². The van der Waals surface area contributed by atoms with Crippen LogP contribution in [0.4, 0.5) is 5.82 Å². The van der Waals surface area contributed by atoms with Crippen molar-refractivity contribution in [2.45, 2.75) is 26.3 Å². The number of piperidine rings is 1. The molecule has 0 bridgehead atoms. The Balaban J connectivity index is 1.38. The first-order valence-corrected chi connectivity index (χ1v) is 10.2. The van der Waals surface area contributed by atoms with Gasteiger partial charge in [-0.1, -0.05) is 18.2 Å². The standard InChI is InChI=1S/C23H25N5O2/c1-17-4-2-10-25-21(17)26-22(29)20-5-3-12-28(15-20)23(30)19-8-6-18(7-9-19)14-27-13-11-24-16-27/h2,4,6-11,13,16,20H,3,5,12,14-15H2,1H3,(H,25,26,29). The van der Waals surface area contributed by atoms with E-state index in [-0.39, 0.29) is 17.7 Å². The Bertz CT molecular complexity index is 1010. The van der Waals surface area contributed by atoms with Crippen LogP contribution in [0.3, 0.4) is 0 Å². The van der Waals surface area contributed by atoms with E-state index in [1.165, 1.54) is 0 Å². The quantitative estimate of drug-likeness (QED) is 0.710. The zero-order valence-corrected chi connectivity index (χ0v) is 17.0. The minimum atomic E-state index is -0.232. The largest absolute Gasteiger partial charge is 0.338 e.